The first-order valence-corrected chi connectivity index (χ1v) is 9.65. The maximum Gasteiger partial charge on any atom is 0.425 e. The largest absolute Gasteiger partial charge is 0.480 e. The van der Waals surface area contributed by atoms with Crippen LogP contribution in [0, 0.1) is 18.6 Å². The summed E-state index contributed by atoms with van der Waals surface area (Å²) in [4.78, 5) is 16.6. The van der Waals surface area contributed by atoms with Crippen molar-refractivity contribution in [1.29, 1.82) is 0 Å². The zero-order valence-corrected chi connectivity index (χ0v) is 17.8. The van der Waals surface area contributed by atoms with E-state index in [-0.39, 0.29) is 22.1 Å². The van der Waals surface area contributed by atoms with Crippen LogP contribution in [-0.2, 0) is 6.61 Å². The van der Waals surface area contributed by atoms with Crippen LogP contribution >= 0.6 is 11.6 Å². The zero-order valence-electron chi connectivity index (χ0n) is 17.0. The van der Waals surface area contributed by atoms with Crippen molar-refractivity contribution >= 4 is 23.2 Å². The molecular weight excluding hydrogens is 475 g/mol. The molecule has 3 aromatic rings. The van der Waals surface area contributed by atoms with E-state index in [0.717, 1.165) is 18.2 Å². The number of pyridine rings is 1. The van der Waals surface area contributed by atoms with Gasteiger partial charge in [-0.2, -0.15) is 18.3 Å². The van der Waals surface area contributed by atoms with Gasteiger partial charge in [-0.1, -0.05) is 11.6 Å². The van der Waals surface area contributed by atoms with E-state index >= 15 is 0 Å². The first-order valence-electron chi connectivity index (χ1n) is 9.27. The van der Waals surface area contributed by atoms with Gasteiger partial charge in [0.05, 0.1) is 23.6 Å². The molecule has 2 heterocycles. The predicted molar refractivity (Wildman–Crippen MR) is 108 cm³/mol. The number of hydrogen-bond acceptors (Lipinski definition) is 5. The average molecular weight is 491 g/mol. The molecule has 1 atom stereocenters. The van der Waals surface area contributed by atoms with Gasteiger partial charge < -0.3 is 15.2 Å². The summed E-state index contributed by atoms with van der Waals surface area (Å²) in [6.45, 7) is 1.45. The van der Waals surface area contributed by atoms with Crippen LogP contribution in [0.1, 0.15) is 28.7 Å². The number of nitrogens with one attached hydrogen (secondary N) is 2. The molecule has 0 saturated heterocycles. The predicted octanol–water partition coefficient (Wildman–Crippen LogP) is 4.79. The van der Waals surface area contributed by atoms with Crippen LogP contribution < -0.4 is 10.1 Å². The summed E-state index contributed by atoms with van der Waals surface area (Å²) in [5.41, 5.74) is -1.12. The minimum Gasteiger partial charge on any atom is -0.480 e. The zero-order chi connectivity index (χ0) is 24.5. The van der Waals surface area contributed by atoms with Crippen molar-refractivity contribution < 1.29 is 36.6 Å². The van der Waals surface area contributed by atoms with E-state index in [2.05, 4.69) is 20.5 Å². The summed E-state index contributed by atoms with van der Waals surface area (Å²) in [6.07, 6.45) is -7.14. The number of aliphatic hydroxyl groups is 1. The fraction of sp³-hybridized carbons (Fsp3) is 0.250. The van der Waals surface area contributed by atoms with Crippen molar-refractivity contribution in [3.8, 4) is 17.0 Å². The average Bonchev–Trinajstić information content (AvgIpc) is 3.06. The minimum atomic E-state index is -4.79. The second-order valence-corrected chi connectivity index (χ2v) is 7.24. The lowest BCUT2D eigenvalue weighted by Crippen LogP contribution is -2.32. The number of carbonyl (C=O) groups is 1. The molecule has 1 aromatic carbocycles. The van der Waals surface area contributed by atoms with Crippen LogP contribution in [0.15, 0.2) is 24.3 Å². The van der Waals surface area contributed by atoms with Crippen molar-refractivity contribution in [2.45, 2.75) is 32.7 Å². The summed E-state index contributed by atoms with van der Waals surface area (Å²) < 4.78 is 72.9. The van der Waals surface area contributed by atoms with E-state index in [1.807, 2.05) is 0 Å². The molecule has 2 aromatic heterocycles. The highest BCUT2D eigenvalue weighted by atomic mass is 35.5. The maximum atomic E-state index is 14.9. The van der Waals surface area contributed by atoms with Crippen LogP contribution in [0.25, 0.3) is 11.3 Å². The fourth-order valence-corrected chi connectivity index (χ4v) is 2.98. The Kier molecular flexibility index (Phi) is 6.89. The molecule has 0 aliphatic carbocycles. The van der Waals surface area contributed by atoms with Gasteiger partial charge in [-0.3, -0.25) is 9.89 Å². The lowest BCUT2D eigenvalue weighted by Gasteiger charge is -2.20. The van der Waals surface area contributed by atoms with Crippen molar-refractivity contribution in [3.63, 3.8) is 0 Å². The van der Waals surface area contributed by atoms with Gasteiger partial charge in [0.2, 0.25) is 0 Å². The number of benzene rings is 1. The van der Waals surface area contributed by atoms with Crippen molar-refractivity contribution in [2.75, 3.05) is 5.32 Å². The third kappa shape index (κ3) is 5.22. The van der Waals surface area contributed by atoms with Gasteiger partial charge in [-0.25, -0.2) is 13.8 Å². The van der Waals surface area contributed by atoms with Gasteiger partial charge in [0.15, 0.2) is 11.3 Å². The molecule has 13 heteroatoms. The summed E-state index contributed by atoms with van der Waals surface area (Å²) >= 11 is 5.87. The first kappa shape index (κ1) is 24.4. The number of hydrogen-bond donors (Lipinski definition) is 3. The van der Waals surface area contributed by atoms with E-state index in [4.69, 9.17) is 16.3 Å². The van der Waals surface area contributed by atoms with Crippen LogP contribution in [0.4, 0.5) is 27.6 Å². The Morgan fingerprint density at radius 2 is 1.97 bits per heavy atom. The molecule has 7 nitrogen and oxygen atoms in total. The van der Waals surface area contributed by atoms with E-state index < -0.39 is 53.4 Å². The number of amides is 1. The fourth-order valence-electron chi connectivity index (χ4n) is 2.75. The van der Waals surface area contributed by atoms with E-state index in [1.54, 1.807) is 0 Å². The molecule has 33 heavy (non-hydrogen) atoms. The number of nitrogens with zero attached hydrogens (tertiary/aromatic N) is 2. The van der Waals surface area contributed by atoms with E-state index in [0.29, 0.717) is 18.7 Å². The normalized spacial score (nSPS) is 12.5. The van der Waals surface area contributed by atoms with Gasteiger partial charge in [-0.05, 0) is 38.1 Å². The number of aliphatic hydroxyl groups excluding tert-OH is 1. The highest BCUT2D eigenvalue weighted by Gasteiger charge is 2.39. The second kappa shape index (κ2) is 9.32. The monoisotopic (exact) mass is 490 g/mol. The topological polar surface area (TPSA) is 100 Å². The molecule has 1 amide bonds. The van der Waals surface area contributed by atoms with Crippen molar-refractivity contribution in [1.82, 2.24) is 15.2 Å². The lowest BCUT2D eigenvalue weighted by molar-refractivity contribution is -0.189. The molecule has 0 aliphatic heterocycles. The van der Waals surface area contributed by atoms with Crippen LogP contribution in [0.5, 0.6) is 5.75 Å². The Hall–Kier alpha value is -3.25. The van der Waals surface area contributed by atoms with Crippen LogP contribution in [0.2, 0.25) is 5.15 Å². The Morgan fingerprint density at radius 1 is 1.27 bits per heavy atom. The molecule has 3 N–H and O–H groups in total. The minimum absolute atomic E-state index is 0.0498. The van der Waals surface area contributed by atoms with Crippen molar-refractivity contribution in [3.05, 3.63) is 58.0 Å². The molecule has 0 saturated carbocycles. The molecule has 0 aliphatic rings. The van der Waals surface area contributed by atoms with Gasteiger partial charge >= 0.3 is 6.18 Å². The van der Waals surface area contributed by atoms with Gasteiger partial charge in [0, 0.05) is 5.56 Å². The van der Waals surface area contributed by atoms with Gasteiger partial charge in [0.25, 0.3) is 5.91 Å². The maximum absolute atomic E-state index is 14.9. The summed E-state index contributed by atoms with van der Waals surface area (Å²) in [5, 5.41) is 17.6. The molecule has 0 fully saturated rings. The number of anilines is 1. The Balaban J connectivity index is 2.10. The molecule has 0 spiro atoms. The summed E-state index contributed by atoms with van der Waals surface area (Å²) in [7, 11) is 0. The molecular formula is C20H16ClF5N4O3. The third-order valence-electron chi connectivity index (χ3n) is 4.56. The number of aromatic nitrogens is 3. The molecule has 176 valence electrons. The standard InChI is InChI=1S/C20H16ClF5N4O3/c1-8-17(18(21)30-29-8)28-19(32)11-5-13(23)10(6-16(11)33-9(2)20(24,25)26)14-4-3-12(22)15(7-31)27-14/h3-6,9,31H,7H2,1-2H3,(H,28,32)(H,29,30). The molecule has 3 rings (SSSR count). The SMILES string of the molecule is Cc1[nH]nc(Cl)c1NC(=O)c1cc(F)c(-c2ccc(F)c(CO)n2)cc1OC(C)C(F)(F)F. The molecule has 0 bridgehead atoms. The Bertz CT molecular complexity index is 1180. The lowest BCUT2D eigenvalue weighted by atomic mass is 10.0. The van der Waals surface area contributed by atoms with E-state index in [9.17, 15) is 31.9 Å². The number of rotatable bonds is 6. The number of carbonyl (C=O) groups excluding carboxylic acids is 1. The Morgan fingerprint density at radius 3 is 2.55 bits per heavy atom. The summed E-state index contributed by atoms with van der Waals surface area (Å²) in [6, 6.07) is 3.49. The van der Waals surface area contributed by atoms with Crippen molar-refractivity contribution in [2.24, 2.45) is 0 Å². The number of H-pyrrole nitrogens is 1. The van der Waals surface area contributed by atoms with Crippen LogP contribution in [0.3, 0.4) is 0 Å². The van der Waals surface area contributed by atoms with Gasteiger partial charge in [-0.15, -0.1) is 0 Å². The summed E-state index contributed by atoms with van der Waals surface area (Å²) in [5.74, 6) is -3.53. The van der Waals surface area contributed by atoms with Gasteiger partial charge in [0.1, 0.15) is 28.8 Å². The molecule has 0 radical (unpaired) electrons. The first-order chi connectivity index (χ1) is 15.4. The Labute approximate surface area is 188 Å². The second-order valence-electron chi connectivity index (χ2n) is 6.88. The smallest absolute Gasteiger partial charge is 0.425 e. The number of aromatic amines is 1. The number of ether oxygens (including phenoxy) is 1. The highest BCUT2D eigenvalue weighted by molar-refractivity contribution is 6.33. The highest BCUT2D eigenvalue weighted by Crippen LogP contribution is 2.34. The number of aryl methyl sites for hydroxylation is 1. The number of alkyl halides is 3. The quantitative estimate of drug-likeness (QED) is 0.432. The number of halogens is 6. The molecule has 1 unspecified atom stereocenters. The van der Waals surface area contributed by atoms with E-state index in [1.165, 1.54) is 6.92 Å². The van der Waals surface area contributed by atoms with Crippen LogP contribution in [-0.4, -0.2) is 38.5 Å². The third-order valence-corrected chi connectivity index (χ3v) is 4.84.